The molecule has 0 aliphatic heterocycles. The second-order valence-electron chi connectivity index (χ2n) is 3.43. The Kier molecular flexibility index (Phi) is 6.34. The van der Waals surface area contributed by atoms with E-state index in [0.717, 1.165) is 10.5 Å². The van der Waals surface area contributed by atoms with Crippen LogP contribution in [0.2, 0.25) is 0 Å². The van der Waals surface area contributed by atoms with E-state index in [0.29, 0.717) is 5.69 Å². The van der Waals surface area contributed by atoms with E-state index in [2.05, 4.69) is 15.9 Å². The zero-order valence-corrected chi connectivity index (χ0v) is 13.1. The average Bonchev–Trinajstić information content (AvgIpc) is 2.35. The Morgan fingerprint density at radius 2 is 1.94 bits per heavy atom. The maximum absolute atomic E-state index is 10.8. The third-order valence-electron chi connectivity index (χ3n) is 2.29. The Morgan fingerprint density at radius 1 is 1.39 bits per heavy atom. The molecule has 0 saturated heterocycles. The third kappa shape index (κ3) is 4.38. The van der Waals surface area contributed by atoms with Crippen LogP contribution in [0.4, 0.5) is 10.5 Å². The van der Waals surface area contributed by atoms with Crippen molar-refractivity contribution in [2.45, 2.75) is 8.93 Å². The van der Waals surface area contributed by atoms with Gasteiger partial charge in [-0.25, -0.2) is 4.79 Å². The van der Waals surface area contributed by atoms with Crippen molar-refractivity contribution in [2.75, 3.05) is 18.2 Å². The predicted molar refractivity (Wildman–Crippen MR) is 81.7 cm³/mol. The molecule has 1 amide bonds. The largest absolute Gasteiger partial charge is 0.465 e. The predicted octanol–water partition coefficient (Wildman–Crippen LogP) is 3.57. The molecule has 1 aromatic carbocycles. The molecule has 0 fully saturated rings. The Morgan fingerprint density at radius 3 is 2.33 bits per heavy atom. The fraction of sp³-hybridized carbons (Fsp3) is 0.364. The summed E-state index contributed by atoms with van der Waals surface area (Å²) in [6.07, 6.45) is 0.971. The molecule has 0 saturated carbocycles. The van der Waals surface area contributed by atoms with Crippen molar-refractivity contribution >= 4 is 51.2 Å². The average molecular weight is 352 g/mol. The first-order valence-corrected chi connectivity index (χ1v) is 8.17. The Hall–Kier alpha value is -0.370. The number of rotatable bonds is 5. The molecule has 2 unspecified atom stereocenters. The number of amides is 1. The Bertz CT molecular complexity index is 400. The van der Waals surface area contributed by atoms with Crippen molar-refractivity contribution in [3.05, 3.63) is 29.8 Å². The summed E-state index contributed by atoms with van der Waals surface area (Å²) in [5, 5.41) is 18.2. The summed E-state index contributed by atoms with van der Waals surface area (Å²) in [7, 11) is 1.50. The number of halogens is 1. The van der Waals surface area contributed by atoms with Gasteiger partial charge in [0.05, 0.1) is 4.58 Å². The number of carbonyl (C=O) groups is 1. The van der Waals surface area contributed by atoms with Gasteiger partial charge in [-0.15, -0.1) is 23.5 Å². The number of thioether (sulfide) groups is 2. The van der Waals surface area contributed by atoms with Gasteiger partial charge in [0.2, 0.25) is 0 Å². The third-order valence-corrected chi connectivity index (χ3v) is 5.29. The Balaban J connectivity index is 2.83. The monoisotopic (exact) mass is 351 g/mol. The van der Waals surface area contributed by atoms with Gasteiger partial charge in [-0.2, -0.15) is 0 Å². The first kappa shape index (κ1) is 15.7. The van der Waals surface area contributed by atoms with Crippen molar-refractivity contribution < 1.29 is 15.0 Å². The number of aliphatic hydroxyl groups excluding tert-OH is 1. The van der Waals surface area contributed by atoms with Crippen molar-refractivity contribution in [3.8, 4) is 0 Å². The normalized spacial score (nSPS) is 14.0. The summed E-state index contributed by atoms with van der Waals surface area (Å²) in [5.41, 5.74) is 1.66. The van der Waals surface area contributed by atoms with Crippen molar-refractivity contribution in [3.63, 3.8) is 0 Å². The van der Waals surface area contributed by atoms with Gasteiger partial charge in [-0.05, 0) is 39.9 Å². The molecule has 0 heterocycles. The lowest BCUT2D eigenvalue weighted by atomic mass is 10.2. The summed E-state index contributed by atoms with van der Waals surface area (Å²) in [5.74, 6) is 0. The smallest absolute Gasteiger partial charge is 0.411 e. The molecule has 18 heavy (non-hydrogen) atoms. The van der Waals surface area contributed by atoms with E-state index < -0.39 is 10.4 Å². The van der Waals surface area contributed by atoms with Crippen molar-refractivity contribution in [1.29, 1.82) is 0 Å². The number of carboxylic acid groups (broad SMARTS) is 1. The summed E-state index contributed by atoms with van der Waals surface area (Å²) >= 11 is 6.08. The Labute approximate surface area is 123 Å². The van der Waals surface area contributed by atoms with E-state index >= 15 is 0 Å². The number of benzene rings is 1. The molecule has 7 heteroatoms. The van der Waals surface area contributed by atoms with E-state index in [9.17, 15) is 9.90 Å². The van der Waals surface area contributed by atoms with Gasteiger partial charge < -0.3 is 10.2 Å². The molecule has 2 atom stereocenters. The SMILES string of the molecule is CSC(SC(O)Br)c1ccc(N(C)C(=O)O)cc1. The van der Waals surface area contributed by atoms with Crippen LogP contribution in [0.5, 0.6) is 0 Å². The minimum atomic E-state index is -0.991. The second-order valence-corrected chi connectivity index (χ2v) is 7.33. The fourth-order valence-corrected chi connectivity index (χ4v) is 4.12. The maximum Gasteiger partial charge on any atom is 0.411 e. The van der Waals surface area contributed by atoms with Gasteiger partial charge in [0.1, 0.15) is 0 Å². The van der Waals surface area contributed by atoms with Crippen LogP contribution >= 0.6 is 39.5 Å². The first-order chi connectivity index (χ1) is 8.45. The lowest BCUT2D eigenvalue weighted by Gasteiger charge is -2.17. The summed E-state index contributed by atoms with van der Waals surface area (Å²) in [6, 6.07) is 7.26. The van der Waals surface area contributed by atoms with Crippen LogP contribution in [0.25, 0.3) is 0 Å². The molecule has 4 nitrogen and oxygen atoms in total. The molecule has 0 aliphatic rings. The van der Waals surface area contributed by atoms with E-state index in [1.165, 1.54) is 18.8 Å². The molecular formula is C11H14BrNO3S2. The first-order valence-electron chi connectivity index (χ1n) is 5.02. The van der Waals surface area contributed by atoms with Gasteiger partial charge in [-0.1, -0.05) is 12.1 Å². The van der Waals surface area contributed by atoms with Crippen LogP contribution in [0.1, 0.15) is 10.1 Å². The van der Waals surface area contributed by atoms with Crippen LogP contribution in [0.15, 0.2) is 24.3 Å². The van der Waals surface area contributed by atoms with Crippen LogP contribution in [-0.2, 0) is 0 Å². The van der Waals surface area contributed by atoms with Crippen molar-refractivity contribution in [1.82, 2.24) is 0 Å². The molecule has 0 aliphatic carbocycles. The van der Waals surface area contributed by atoms with Crippen LogP contribution in [0, 0.1) is 0 Å². The lowest BCUT2D eigenvalue weighted by molar-refractivity contribution is 0.203. The molecule has 100 valence electrons. The fourth-order valence-electron chi connectivity index (χ4n) is 1.34. The van der Waals surface area contributed by atoms with Crippen LogP contribution < -0.4 is 4.90 Å². The van der Waals surface area contributed by atoms with Gasteiger partial charge >= 0.3 is 6.09 Å². The van der Waals surface area contributed by atoms with E-state index in [1.54, 1.807) is 23.9 Å². The quantitative estimate of drug-likeness (QED) is 0.627. The zero-order valence-electron chi connectivity index (χ0n) is 9.91. The highest BCUT2D eigenvalue weighted by atomic mass is 79.9. The minimum absolute atomic E-state index is 0.101. The number of hydrogen-bond acceptors (Lipinski definition) is 4. The van der Waals surface area contributed by atoms with Gasteiger partial charge in [0.25, 0.3) is 0 Å². The molecule has 0 radical (unpaired) electrons. The molecule has 1 rings (SSSR count). The maximum atomic E-state index is 10.8. The highest BCUT2D eigenvalue weighted by Crippen LogP contribution is 2.41. The molecule has 0 spiro atoms. The minimum Gasteiger partial charge on any atom is -0.465 e. The highest BCUT2D eigenvalue weighted by molar-refractivity contribution is 9.11. The van der Waals surface area contributed by atoms with Crippen molar-refractivity contribution in [2.24, 2.45) is 0 Å². The summed E-state index contributed by atoms with van der Waals surface area (Å²) < 4.78 is -0.514. The van der Waals surface area contributed by atoms with Crippen LogP contribution in [-0.4, -0.2) is 34.0 Å². The van der Waals surface area contributed by atoms with Gasteiger partial charge in [0.15, 0.2) is 4.35 Å². The zero-order chi connectivity index (χ0) is 13.7. The molecular weight excluding hydrogens is 338 g/mol. The second kappa shape index (κ2) is 7.28. The lowest BCUT2D eigenvalue weighted by Crippen LogP contribution is -2.23. The summed E-state index contributed by atoms with van der Waals surface area (Å²) in [4.78, 5) is 12.0. The molecule has 0 bridgehead atoms. The van der Waals surface area contributed by atoms with E-state index in [-0.39, 0.29) is 4.58 Å². The number of nitrogens with zero attached hydrogens (tertiary/aromatic N) is 1. The number of alkyl halides is 1. The number of hydrogen-bond donors (Lipinski definition) is 2. The topological polar surface area (TPSA) is 60.8 Å². The van der Waals surface area contributed by atoms with E-state index in [1.807, 2.05) is 18.4 Å². The van der Waals surface area contributed by atoms with Gasteiger partial charge in [0, 0.05) is 12.7 Å². The van der Waals surface area contributed by atoms with Crippen LogP contribution in [0.3, 0.4) is 0 Å². The number of aliphatic hydroxyl groups is 1. The highest BCUT2D eigenvalue weighted by Gasteiger charge is 2.15. The number of anilines is 1. The van der Waals surface area contributed by atoms with Gasteiger partial charge in [-0.3, -0.25) is 4.90 Å². The molecule has 2 N–H and O–H groups in total. The standard InChI is InChI=1S/C11H14BrNO3S2/c1-13(11(15)16)8-5-3-7(4-6-8)9(17-2)18-10(12)14/h3-6,9-10,14H,1-2H3,(H,15,16). The molecule has 1 aromatic rings. The summed E-state index contributed by atoms with van der Waals surface area (Å²) in [6.45, 7) is 0. The van der Waals surface area contributed by atoms with E-state index in [4.69, 9.17) is 5.11 Å². The molecule has 0 aromatic heterocycles.